The van der Waals surface area contributed by atoms with E-state index in [-0.39, 0.29) is 30.5 Å². The van der Waals surface area contributed by atoms with Crippen LogP contribution in [0.25, 0.3) is 0 Å². The van der Waals surface area contributed by atoms with Gasteiger partial charge in [-0.25, -0.2) is 0 Å². The fourth-order valence-corrected chi connectivity index (χ4v) is 5.22. The Balaban J connectivity index is 1.83. The first-order valence-electron chi connectivity index (χ1n) is 11.2. The van der Waals surface area contributed by atoms with E-state index in [1.807, 2.05) is 0 Å². The maximum Gasteiger partial charge on any atom is 0.306 e. The SMILES string of the molecule is CC(=O)OC(CO)COC(=O)CC(C)CCC1(C)CCCC2C1=CCCC2(C)C. The van der Waals surface area contributed by atoms with Crippen molar-refractivity contribution in [1.29, 1.82) is 0 Å². The average Bonchev–Trinajstić information content (AvgIpc) is 2.64. The van der Waals surface area contributed by atoms with Gasteiger partial charge in [0.25, 0.3) is 0 Å². The predicted octanol–water partition coefficient (Wildman–Crippen LogP) is 4.81. The fourth-order valence-electron chi connectivity index (χ4n) is 5.22. The summed E-state index contributed by atoms with van der Waals surface area (Å²) in [6.07, 6.45) is 10.5. The smallest absolute Gasteiger partial charge is 0.306 e. The van der Waals surface area contributed by atoms with Crippen molar-refractivity contribution in [3.63, 3.8) is 0 Å². The Morgan fingerprint density at radius 3 is 2.66 bits per heavy atom. The summed E-state index contributed by atoms with van der Waals surface area (Å²) in [5.41, 5.74) is 2.31. The van der Waals surface area contributed by atoms with Gasteiger partial charge in [-0.05, 0) is 61.2 Å². The lowest BCUT2D eigenvalue weighted by molar-refractivity contribution is -0.160. The molecule has 1 saturated carbocycles. The summed E-state index contributed by atoms with van der Waals surface area (Å²) in [5, 5.41) is 9.18. The average molecular weight is 409 g/mol. The van der Waals surface area contributed by atoms with Gasteiger partial charge in [-0.3, -0.25) is 9.59 Å². The van der Waals surface area contributed by atoms with Crippen LogP contribution in [0.1, 0.15) is 86.0 Å². The number of carbonyl (C=O) groups excluding carboxylic acids is 2. The van der Waals surface area contributed by atoms with E-state index < -0.39 is 12.1 Å². The van der Waals surface area contributed by atoms with Crippen LogP contribution in [0.15, 0.2) is 11.6 Å². The lowest BCUT2D eigenvalue weighted by Crippen LogP contribution is -2.39. The van der Waals surface area contributed by atoms with Gasteiger partial charge in [0, 0.05) is 13.3 Å². The molecule has 4 atom stereocenters. The van der Waals surface area contributed by atoms with Crippen molar-refractivity contribution in [2.45, 2.75) is 92.1 Å². The zero-order valence-electron chi connectivity index (χ0n) is 19.0. The summed E-state index contributed by atoms with van der Waals surface area (Å²) in [6, 6.07) is 0. The molecule has 0 aromatic rings. The zero-order valence-corrected chi connectivity index (χ0v) is 19.0. The Bertz CT molecular complexity index is 608. The van der Waals surface area contributed by atoms with E-state index in [0.29, 0.717) is 17.8 Å². The number of carbonyl (C=O) groups is 2. The molecule has 0 radical (unpaired) electrons. The minimum absolute atomic E-state index is 0.0942. The Morgan fingerprint density at radius 1 is 1.28 bits per heavy atom. The van der Waals surface area contributed by atoms with Crippen LogP contribution in [0.4, 0.5) is 0 Å². The number of aliphatic hydroxyl groups excluding tert-OH is 1. The third-order valence-electron chi connectivity index (χ3n) is 7.06. The van der Waals surface area contributed by atoms with Crippen molar-refractivity contribution < 1.29 is 24.2 Å². The van der Waals surface area contributed by atoms with Gasteiger partial charge < -0.3 is 14.6 Å². The Hall–Kier alpha value is -1.36. The molecule has 0 bridgehead atoms. The molecule has 0 aliphatic heterocycles. The van der Waals surface area contributed by atoms with Crippen LogP contribution in [-0.2, 0) is 19.1 Å². The third kappa shape index (κ3) is 6.56. The van der Waals surface area contributed by atoms with Gasteiger partial charge in [-0.1, -0.05) is 45.8 Å². The van der Waals surface area contributed by atoms with Crippen LogP contribution in [0.5, 0.6) is 0 Å². The molecule has 29 heavy (non-hydrogen) atoms. The zero-order chi connectivity index (χ0) is 21.7. The topological polar surface area (TPSA) is 72.8 Å². The summed E-state index contributed by atoms with van der Waals surface area (Å²) in [4.78, 5) is 23.1. The number of ether oxygens (including phenoxy) is 2. The number of hydrogen-bond donors (Lipinski definition) is 1. The summed E-state index contributed by atoms with van der Waals surface area (Å²) in [7, 11) is 0. The Labute approximate surface area is 176 Å². The number of rotatable bonds is 9. The summed E-state index contributed by atoms with van der Waals surface area (Å²) >= 11 is 0. The highest BCUT2D eigenvalue weighted by atomic mass is 16.6. The van der Waals surface area contributed by atoms with Crippen molar-refractivity contribution in [2.24, 2.45) is 22.7 Å². The van der Waals surface area contributed by atoms with Gasteiger partial charge in [0.1, 0.15) is 6.61 Å². The number of allylic oxidation sites excluding steroid dienone is 2. The van der Waals surface area contributed by atoms with Gasteiger partial charge in [0.15, 0.2) is 6.10 Å². The minimum Gasteiger partial charge on any atom is -0.462 e. The molecule has 0 saturated heterocycles. The molecule has 0 aromatic carbocycles. The standard InChI is InChI=1S/C24H40O5/c1-17(14-22(27)28-16-19(15-25)29-18(2)26)10-13-24(5)12-7-8-20-21(24)9-6-11-23(20,3)4/h9,17,19-20,25H,6-8,10-16H2,1-5H3. The quantitative estimate of drug-likeness (QED) is 0.438. The second kappa shape index (κ2) is 10.1. The van der Waals surface area contributed by atoms with Crippen molar-refractivity contribution in [3.05, 3.63) is 11.6 Å². The largest absolute Gasteiger partial charge is 0.462 e. The first kappa shape index (κ1) is 23.9. The minimum atomic E-state index is -0.786. The molecule has 0 amide bonds. The molecule has 2 rings (SSSR count). The molecule has 5 nitrogen and oxygen atoms in total. The highest BCUT2D eigenvalue weighted by Gasteiger charge is 2.44. The van der Waals surface area contributed by atoms with E-state index in [1.54, 1.807) is 5.57 Å². The van der Waals surface area contributed by atoms with Gasteiger partial charge in [0.05, 0.1) is 6.61 Å². The molecule has 2 aliphatic carbocycles. The van der Waals surface area contributed by atoms with Crippen LogP contribution < -0.4 is 0 Å². The van der Waals surface area contributed by atoms with E-state index in [4.69, 9.17) is 9.47 Å². The highest BCUT2D eigenvalue weighted by molar-refractivity contribution is 5.69. The highest BCUT2D eigenvalue weighted by Crippen LogP contribution is 2.56. The molecule has 1 fully saturated rings. The van der Waals surface area contributed by atoms with Crippen LogP contribution in [0.2, 0.25) is 0 Å². The second-order valence-electron chi connectivity index (χ2n) is 10.1. The molecule has 0 heterocycles. The van der Waals surface area contributed by atoms with E-state index in [9.17, 15) is 14.7 Å². The summed E-state index contributed by atoms with van der Waals surface area (Å²) in [5.74, 6) is 0.144. The van der Waals surface area contributed by atoms with Crippen LogP contribution in [0, 0.1) is 22.7 Å². The maximum atomic E-state index is 12.1. The van der Waals surface area contributed by atoms with Crippen molar-refractivity contribution >= 4 is 11.9 Å². The van der Waals surface area contributed by atoms with E-state index in [0.717, 1.165) is 12.8 Å². The molecule has 4 unspecified atom stereocenters. The van der Waals surface area contributed by atoms with Gasteiger partial charge >= 0.3 is 11.9 Å². The van der Waals surface area contributed by atoms with Crippen molar-refractivity contribution in [1.82, 2.24) is 0 Å². The predicted molar refractivity (Wildman–Crippen MR) is 113 cm³/mol. The lowest BCUT2D eigenvalue weighted by Gasteiger charge is -2.50. The van der Waals surface area contributed by atoms with Crippen LogP contribution >= 0.6 is 0 Å². The number of fused-ring (bicyclic) bond motifs is 1. The van der Waals surface area contributed by atoms with Crippen molar-refractivity contribution in [2.75, 3.05) is 13.2 Å². The molecular formula is C24H40O5. The Morgan fingerprint density at radius 2 is 2.00 bits per heavy atom. The first-order valence-corrected chi connectivity index (χ1v) is 11.2. The normalized spacial score (nSPS) is 27.9. The fraction of sp³-hybridized carbons (Fsp3) is 0.833. The van der Waals surface area contributed by atoms with Crippen LogP contribution in [-0.4, -0.2) is 36.4 Å². The number of esters is 2. The number of aliphatic hydroxyl groups is 1. The molecular weight excluding hydrogens is 368 g/mol. The second-order valence-corrected chi connectivity index (χ2v) is 10.1. The molecule has 2 aliphatic rings. The molecule has 5 heteroatoms. The van der Waals surface area contributed by atoms with Crippen LogP contribution in [0.3, 0.4) is 0 Å². The summed E-state index contributed by atoms with van der Waals surface area (Å²) in [6.45, 7) is 10.2. The van der Waals surface area contributed by atoms with Gasteiger partial charge in [-0.15, -0.1) is 0 Å². The summed E-state index contributed by atoms with van der Waals surface area (Å²) < 4.78 is 10.1. The maximum absolute atomic E-state index is 12.1. The first-order chi connectivity index (χ1) is 13.6. The van der Waals surface area contributed by atoms with Crippen molar-refractivity contribution in [3.8, 4) is 0 Å². The van der Waals surface area contributed by atoms with Gasteiger partial charge in [-0.2, -0.15) is 0 Å². The molecule has 0 aromatic heterocycles. The van der Waals surface area contributed by atoms with E-state index in [1.165, 1.54) is 39.0 Å². The number of hydrogen-bond acceptors (Lipinski definition) is 5. The van der Waals surface area contributed by atoms with Gasteiger partial charge in [0.2, 0.25) is 0 Å². The Kier molecular flexibility index (Phi) is 8.33. The lowest BCUT2D eigenvalue weighted by atomic mass is 9.55. The molecule has 1 N–H and O–H groups in total. The molecule has 0 spiro atoms. The van der Waals surface area contributed by atoms with E-state index >= 15 is 0 Å². The monoisotopic (exact) mass is 408 g/mol. The van der Waals surface area contributed by atoms with E-state index in [2.05, 4.69) is 33.8 Å². The third-order valence-corrected chi connectivity index (χ3v) is 7.06. The molecule has 166 valence electrons.